The maximum Gasteiger partial charge on any atom is 0.141 e. The van der Waals surface area contributed by atoms with E-state index in [0.29, 0.717) is 16.9 Å². The van der Waals surface area contributed by atoms with Crippen LogP contribution in [0.5, 0.6) is 0 Å². The van der Waals surface area contributed by atoms with Gasteiger partial charge in [0.1, 0.15) is 10.8 Å². The van der Waals surface area contributed by atoms with Gasteiger partial charge in [-0.2, -0.15) is 5.10 Å². The van der Waals surface area contributed by atoms with Gasteiger partial charge in [-0.25, -0.2) is 4.68 Å². The number of aromatic nitrogens is 2. The summed E-state index contributed by atoms with van der Waals surface area (Å²) in [5.74, 6) is 0.647. The Morgan fingerprint density at radius 1 is 1.17 bits per heavy atom. The van der Waals surface area contributed by atoms with Crippen molar-refractivity contribution in [2.45, 2.75) is 70.8 Å². The average molecular weight is 270 g/mol. The zero-order valence-corrected chi connectivity index (χ0v) is 12.4. The van der Waals surface area contributed by atoms with Gasteiger partial charge in [0.15, 0.2) is 0 Å². The first-order valence-corrected chi connectivity index (χ1v) is 7.33. The van der Waals surface area contributed by atoms with Crippen LogP contribution >= 0.6 is 11.6 Å². The number of nitrogen functional groups attached to an aromatic ring is 1. The van der Waals surface area contributed by atoms with Crippen molar-refractivity contribution >= 4 is 17.4 Å². The van der Waals surface area contributed by atoms with Crippen LogP contribution in [-0.2, 0) is 5.41 Å². The van der Waals surface area contributed by atoms with Gasteiger partial charge < -0.3 is 5.73 Å². The second-order valence-electron chi connectivity index (χ2n) is 6.39. The van der Waals surface area contributed by atoms with E-state index in [4.69, 9.17) is 22.4 Å². The molecule has 3 nitrogen and oxygen atoms in total. The molecular formula is C14H24ClN3. The lowest BCUT2D eigenvalue weighted by atomic mass is 9.92. The van der Waals surface area contributed by atoms with Crippen LogP contribution in [0.1, 0.15) is 71.0 Å². The largest absolute Gasteiger partial charge is 0.383 e. The molecule has 18 heavy (non-hydrogen) atoms. The molecule has 1 aromatic heterocycles. The van der Waals surface area contributed by atoms with Crippen LogP contribution in [0.4, 0.5) is 5.82 Å². The summed E-state index contributed by atoms with van der Waals surface area (Å²) < 4.78 is 1.98. The van der Waals surface area contributed by atoms with Gasteiger partial charge in [-0.1, -0.05) is 58.1 Å². The minimum atomic E-state index is -0.0544. The number of nitrogens with two attached hydrogens (primary N) is 1. The molecule has 0 unspecified atom stereocenters. The molecule has 1 aliphatic rings. The molecule has 1 fully saturated rings. The maximum atomic E-state index is 6.35. The summed E-state index contributed by atoms with van der Waals surface area (Å²) in [6, 6.07) is 0.432. The first-order chi connectivity index (χ1) is 8.41. The Hall–Kier alpha value is -0.700. The number of hydrogen-bond donors (Lipinski definition) is 1. The fourth-order valence-electron chi connectivity index (χ4n) is 2.69. The number of anilines is 1. The van der Waals surface area contributed by atoms with E-state index >= 15 is 0 Å². The molecule has 2 rings (SSSR count). The summed E-state index contributed by atoms with van der Waals surface area (Å²) in [6.07, 6.45) is 7.55. The third-order valence-electron chi connectivity index (χ3n) is 3.77. The fourth-order valence-corrected chi connectivity index (χ4v) is 3.10. The molecule has 0 radical (unpaired) electrons. The van der Waals surface area contributed by atoms with E-state index in [9.17, 15) is 0 Å². The molecule has 1 aliphatic carbocycles. The highest BCUT2D eigenvalue weighted by Gasteiger charge is 2.27. The highest BCUT2D eigenvalue weighted by Crippen LogP contribution is 2.36. The van der Waals surface area contributed by atoms with E-state index < -0.39 is 0 Å². The molecule has 4 heteroatoms. The summed E-state index contributed by atoms with van der Waals surface area (Å²) in [4.78, 5) is 0. The lowest BCUT2D eigenvalue weighted by Gasteiger charge is -2.17. The van der Waals surface area contributed by atoms with Crippen LogP contribution in [-0.4, -0.2) is 9.78 Å². The fraction of sp³-hybridized carbons (Fsp3) is 0.786. The Balaban J connectivity index is 2.33. The molecule has 1 heterocycles. The number of nitrogens with zero attached hydrogens (tertiary/aromatic N) is 2. The van der Waals surface area contributed by atoms with Crippen LogP contribution < -0.4 is 5.73 Å². The minimum absolute atomic E-state index is 0.0544. The normalized spacial score (nSPS) is 18.9. The van der Waals surface area contributed by atoms with Crippen molar-refractivity contribution in [3.63, 3.8) is 0 Å². The van der Waals surface area contributed by atoms with Gasteiger partial charge in [0.25, 0.3) is 0 Å². The molecule has 1 saturated carbocycles. The van der Waals surface area contributed by atoms with E-state index in [-0.39, 0.29) is 5.41 Å². The average Bonchev–Trinajstić information content (AvgIpc) is 2.52. The van der Waals surface area contributed by atoms with Crippen molar-refractivity contribution in [2.24, 2.45) is 0 Å². The van der Waals surface area contributed by atoms with Crippen LogP contribution in [0.15, 0.2) is 0 Å². The van der Waals surface area contributed by atoms with Crippen LogP contribution in [0.3, 0.4) is 0 Å². The second-order valence-corrected chi connectivity index (χ2v) is 6.77. The maximum absolute atomic E-state index is 6.35. The minimum Gasteiger partial charge on any atom is -0.383 e. The lowest BCUT2D eigenvalue weighted by Crippen LogP contribution is -2.16. The van der Waals surface area contributed by atoms with Gasteiger partial charge >= 0.3 is 0 Å². The summed E-state index contributed by atoms with van der Waals surface area (Å²) in [5.41, 5.74) is 7.02. The van der Waals surface area contributed by atoms with Gasteiger partial charge in [0.05, 0.1) is 11.7 Å². The van der Waals surface area contributed by atoms with Crippen molar-refractivity contribution in [3.8, 4) is 0 Å². The monoisotopic (exact) mass is 269 g/mol. The van der Waals surface area contributed by atoms with Crippen LogP contribution in [0.25, 0.3) is 0 Å². The van der Waals surface area contributed by atoms with E-state index in [1.54, 1.807) is 0 Å². The Morgan fingerprint density at radius 3 is 2.17 bits per heavy atom. The first-order valence-electron chi connectivity index (χ1n) is 6.95. The highest BCUT2D eigenvalue weighted by molar-refractivity contribution is 6.33. The molecule has 0 saturated heterocycles. The highest BCUT2D eigenvalue weighted by atomic mass is 35.5. The molecule has 1 aromatic rings. The number of rotatable bonds is 1. The topological polar surface area (TPSA) is 43.8 Å². The van der Waals surface area contributed by atoms with Crippen molar-refractivity contribution in [1.29, 1.82) is 0 Å². The van der Waals surface area contributed by atoms with Crippen LogP contribution in [0.2, 0.25) is 5.02 Å². The second kappa shape index (κ2) is 5.12. The number of halogens is 1. The standard InChI is InChI=1S/C14H24ClN3/c1-14(2,3)12-11(15)13(16)18(17-12)10-8-6-4-5-7-9-10/h10H,4-9,16H2,1-3H3. The summed E-state index contributed by atoms with van der Waals surface area (Å²) in [7, 11) is 0. The van der Waals surface area contributed by atoms with Crippen molar-refractivity contribution in [2.75, 3.05) is 5.73 Å². The Bertz CT molecular complexity index is 409. The Kier molecular flexibility index (Phi) is 3.90. The molecule has 0 bridgehead atoms. The first kappa shape index (κ1) is 13.7. The molecule has 0 aromatic carbocycles. The smallest absolute Gasteiger partial charge is 0.141 e. The summed E-state index contributed by atoms with van der Waals surface area (Å²) in [6.45, 7) is 6.37. The predicted octanol–water partition coefficient (Wildman–Crippen LogP) is 4.31. The molecule has 0 aliphatic heterocycles. The quantitative estimate of drug-likeness (QED) is 0.772. The van der Waals surface area contributed by atoms with E-state index in [2.05, 4.69) is 20.8 Å². The van der Waals surface area contributed by atoms with E-state index in [1.165, 1.54) is 38.5 Å². The lowest BCUT2D eigenvalue weighted by molar-refractivity contribution is 0.401. The molecule has 102 valence electrons. The van der Waals surface area contributed by atoms with E-state index in [0.717, 1.165) is 5.69 Å². The third-order valence-corrected chi connectivity index (χ3v) is 4.14. The zero-order chi connectivity index (χ0) is 13.3. The molecule has 0 amide bonds. The Labute approximate surface area is 115 Å². The SMILES string of the molecule is CC(C)(C)c1nn(C2CCCCCC2)c(N)c1Cl. The van der Waals surface area contributed by atoms with Crippen molar-refractivity contribution < 1.29 is 0 Å². The van der Waals surface area contributed by atoms with Gasteiger partial charge in [-0.05, 0) is 12.8 Å². The van der Waals surface area contributed by atoms with Crippen molar-refractivity contribution in [3.05, 3.63) is 10.7 Å². The predicted molar refractivity (Wildman–Crippen MR) is 77.1 cm³/mol. The van der Waals surface area contributed by atoms with Gasteiger partial charge in [-0.3, -0.25) is 0 Å². The van der Waals surface area contributed by atoms with Gasteiger partial charge in [-0.15, -0.1) is 0 Å². The van der Waals surface area contributed by atoms with Crippen LogP contribution in [0, 0.1) is 0 Å². The zero-order valence-electron chi connectivity index (χ0n) is 11.7. The number of hydrogen-bond acceptors (Lipinski definition) is 2. The third kappa shape index (κ3) is 2.66. The Morgan fingerprint density at radius 2 is 1.72 bits per heavy atom. The summed E-state index contributed by atoms with van der Waals surface area (Å²) >= 11 is 6.35. The molecule has 0 atom stereocenters. The summed E-state index contributed by atoms with van der Waals surface area (Å²) in [5, 5.41) is 5.35. The molecular weight excluding hydrogens is 246 g/mol. The van der Waals surface area contributed by atoms with Gasteiger partial charge in [0.2, 0.25) is 0 Å². The molecule has 0 spiro atoms. The van der Waals surface area contributed by atoms with Gasteiger partial charge in [0, 0.05) is 5.41 Å². The molecule has 2 N–H and O–H groups in total. The van der Waals surface area contributed by atoms with E-state index in [1.807, 2.05) is 4.68 Å². The van der Waals surface area contributed by atoms with Crippen molar-refractivity contribution in [1.82, 2.24) is 9.78 Å².